The molecule has 0 aliphatic heterocycles. The zero-order chi connectivity index (χ0) is 9.14. The highest BCUT2D eigenvalue weighted by Gasteiger charge is 2.33. The van der Waals surface area contributed by atoms with Crippen molar-refractivity contribution in [2.75, 3.05) is 0 Å². The van der Waals surface area contributed by atoms with E-state index < -0.39 is 24.7 Å². The van der Waals surface area contributed by atoms with Gasteiger partial charge in [0.1, 0.15) is 6.17 Å². The average molecular weight is 184 g/mol. The first kappa shape index (κ1) is 9.81. The molecule has 1 aliphatic carbocycles. The molecule has 0 N–H and O–H groups in total. The second kappa shape index (κ2) is 4.10. The molecule has 0 nitrogen and oxygen atoms in total. The molecule has 4 heteroatoms. The van der Waals surface area contributed by atoms with Crippen molar-refractivity contribution in [2.45, 2.75) is 44.5 Å². The molecule has 0 spiro atoms. The molecule has 1 rings (SSSR count). The van der Waals surface area contributed by atoms with Gasteiger partial charge in [0.25, 0.3) is 6.43 Å². The molecule has 2 unspecified atom stereocenters. The van der Waals surface area contributed by atoms with Crippen LogP contribution in [0.4, 0.5) is 17.6 Å². The molecule has 0 aromatic heterocycles. The van der Waals surface area contributed by atoms with Crippen molar-refractivity contribution >= 4 is 0 Å². The van der Waals surface area contributed by atoms with Crippen LogP contribution in [0.2, 0.25) is 0 Å². The van der Waals surface area contributed by atoms with Crippen LogP contribution in [0.15, 0.2) is 0 Å². The van der Waals surface area contributed by atoms with Gasteiger partial charge in [-0.3, -0.25) is 0 Å². The van der Waals surface area contributed by atoms with E-state index in [-0.39, 0.29) is 6.42 Å². The maximum atomic E-state index is 12.7. The molecule has 0 aromatic rings. The van der Waals surface area contributed by atoms with Crippen LogP contribution in [-0.2, 0) is 0 Å². The molecule has 0 bridgehead atoms. The first-order chi connectivity index (χ1) is 5.61. The summed E-state index contributed by atoms with van der Waals surface area (Å²) in [6.07, 6.45) is -4.90. The first-order valence-electron chi connectivity index (χ1n) is 4.17. The molecule has 0 saturated heterocycles. The smallest absolute Gasteiger partial charge is 0.247 e. The van der Waals surface area contributed by atoms with E-state index >= 15 is 0 Å². The zero-order valence-electron chi connectivity index (χ0n) is 6.65. The van der Waals surface area contributed by atoms with Crippen LogP contribution in [-0.4, -0.2) is 18.8 Å². The molecule has 3 atom stereocenters. The van der Waals surface area contributed by atoms with Gasteiger partial charge >= 0.3 is 0 Å². The zero-order valence-corrected chi connectivity index (χ0v) is 6.65. The predicted octanol–water partition coefficient (Wildman–Crippen LogP) is 3.12. The summed E-state index contributed by atoms with van der Waals surface area (Å²) in [5.41, 5.74) is 0. The molecule has 72 valence electrons. The minimum absolute atomic E-state index is 0.0362. The molecular weight excluding hydrogens is 172 g/mol. The predicted molar refractivity (Wildman–Crippen MR) is 37.8 cm³/mol. The van der Waals surface area contributed by atoms with Crippen LogP contribution in [0.25, 0.3) is 0 Å². The number of rotatable bonds is 2. The van der Waals surface area contributed by atoms with Gasteiger partial charge < -0.3 is 0 Å². The van der Waals surface area contributed by atoms with E-state index in [9.17, 15) is 17.6 Å². The second-order valence-electron chi connectivity index (χ2n) is 3.30. The minimum atomic E-state index is -2.96. The Morgan fingerprint density at radius 3 is 2.25 bits per heavy atom. The maximum Gasteiger partial charge on any atom is 0.269 e. The van der Waals surface area contributed by atoms with E-state index in [0.717, 1.165) is 0 Å². The molecular formula is C8H12F4. The Morgan fingerprint density at radius 1 is 1.08 bits per heavy atom. The highest BCUT2D eigenvalue weighted by Crippen LogP contribution is 2.32. The standard InChI is InChI=1S/C8H12F4/c9-6-3-1-2-5(4-6)7(10)8(11)12/h5-8H,1-4H2/t5-,6?,7?/m0/s1. The van der Waals surface area contributed by atoms with Gasteiger partial charge in [-0.25, -0.2) is 17.6 Å². The normalized spacial score (nSPS) is 33.8. The number of hydrogen-bond donors (Lipinski definition) is 0. The lowest BCUT2D eigenvalue weighted by Crippen LogP contribution is -2.29. The quantitative estimate of drug-likeness (QED) is 0.578. The molecule has 1 fully saturated rings. The van der Waals surface area contributed by atoms with Crippen molar-refractivity contribution in [1.29, 1.82) is 0 Å². The van der Waals surface area contributed by atoms with Gasteiger partial charge in [0.05, 0.1) is 0 Å². The van der Waals surface area contributed by atoms with Crippen LogP contribution < -0.4 is 0 Å². The average Bonchev–Trinajstić information content (AvgIpc) is 2.03. The Balaban J connectivity index is 2.40. The summed E-state index contributed by atoms with van der Waals surface area (Å²) in [5.74, 6) is -0.770. The van der Waals surface area contributed by atoms with E-state index in [2.05, 4.69) is 0 Å². The van der Waals surface area contributed by atoms with Crippen LogP contribution in [0, 0.1) is 5.92 Å². The Hall–Kier alpha value is -0.280. The van der Waals surface area contributed by atoms with E-state index in [1.165, 1.54) is 0 Å². The van der Waals surface area contributed by atoms with E-state index in [0.29, 0.717) is 19.3 Å². The Bertz CT molecular complexity index is 137. The fourth-order valence-corrected chi connectivity index (χ4v) is 1.66. The lowest BCUT2D eigenvalue weighted by atomic mass is 9.85. The molecule has 12 heavy (non-hydrogen) atoms. The summed E-state index contributed by atoms with van der Waals surface area (Å²) in [4.78, 5) is 0. The van der Waals surface area contributed by atoms with Crippen molar-refractivity contribution < 1.29 is 17.6 Å². The number of halogens is 4. The summed E-state index contributed by atoms with van der Waals surface area (Å²) < 4.78 is 49.0. The third-order valence-electron chi connectivity index (χ3n) is 2.34. The van der Waals surface area contributed by atoms with E-state index in [4.69, 9.17) is 0 Å². The Kier molecular flexibility index (Phi) is 3.35. The fraction of sp³-hybridized carbons (Fsp3) is 1.00. The topological polar surface area (TPSA) is 0 Å². The van der Waals surface area contributed by atoms with Gasteiger partial charge in [-0.2, -0.15) is 0 Å². The highest BCUT2D eigenvalue weighted by atomic mass is 19.3. The minimum Gasteiger partial charge on any atom is -0.247 e. The van der Waals surface area contributed by atoms with Gasteiger partial charge in [-0.1, -0.05) is 6.42 Å². The summed E-state index contributed by atoms with van der Waals surface area (Å²) >= 11 is 0. The third-order valence-corrected chi connectivity index (χ3v) is 2.34. The van der Waals surface area contributed by atoms with Crippen LogP contribution >= 0.6 is 0 Å². The van der Waals surface area contributed by atoms with Crippen molar-refractivity contribution in [3.63, 3.8) is 0 Å². The third kappa shape index (κ3) is 2.35. The lowest BCUT2D eigenvalue weighted by molar-refractivity contribution is -0.00405. The molecule has 1 saturated carbocycles. The highest BCUT2D eigenvalue weighted by molar-refractivity contribution is 4.79. The number of alkyl halides is 4. The largest absolute Gasteiger partial charge is 0.269 e. The van der Waals surface area contributed by atoms with Crippen molar-refractivity contribution in [3.8, 4) is 0 Å². The van der Waals surface area contributed by atoms with Crippen molar-refractivity contribution in [1.82, 2.24) is 0 Å². The lowest BCUT2D eigenvalue weighted by Gasteiger charge is -2.26. The first-order valence-corrected chi connectivity index (χ1v) is 4.17. The molecule has 0 radical (unpaired) electrons. The van der Waals surface area contributed by atoms with Gasteiger partial charge in [0, 0.05) is 0 Å². The van der Waals surface area contributed by atoms with Crippen LogP contribution in [0.3, 0.4) is 0 Å². The monoisotopic (exact) mass is 184 g/mol. The summed E-state index contributed by atoms with van der Waals surface area (Å²) in [7, 11) is 0. The van der Waals surface area contributed by atoms with Gasteiger partial charge in [0.2, 0.25) is 0 Å². The molecule has 0 heterocycles. The Morgan fingerprint density at radius 2 is 1.75 bits per heavy atom. The van der Waals surface area contributed by atoms with E-state index in [1.807, 2.05) is 0 Å². The second-order valence-corrected chi connectivity index (χ2v) is 3.30. The maximum absolute atomic E-state index is 12.7. The molecule has 0 aromatic carbocycles. The van der Waals surface area contributed by atoms with Gasteiger partial charge in [-0.05, 0) is 25.2 Å². The summed E-state index contributed by atoms with van der Waals surface area (Å²) in [5, 5.41) is 0. The van der Waals surface area contributed by atoms with Crippen molar-refractivity contribution in [2.24, 2.45) is 5.92 Å². The fourth-order valence-electron chi connectivity index (χ4n) is 1.66. The summed E-state index contributed by atoms with van der Waals surface area (Å²) in [6, 6.07) is 0. The van der Waals surface area contributed by atoms with Crippen LogP contribution in [0.5, 0.6) is 0 Å². The SMILES string of the molecule is FC1CCC[C@H](C(F)C(F)F)C1. The number of hydrogen-bond acceptors (Lipinski definition) is 0. The van der Waals surface area contributed by atoms with Gasteiger partial charge in [-0.15, -0.1) is 0 Å². The van der Waals surface area contributed by atoms with Crippen molar-refractivity contribution in [3.05, 3.63) is 0 Å². The Labute approximate surface area is 69.0 Å². The van der Waals surface area contributed by atoms with E-state index in [1.54, 1.807) is 0 Å². The summed E-state index contributed by atoms with van der Waals surface area (Å²) in [6.45, 7) is 0. The molecule has 0 amide bonds. The van der Waals surface area contributed by atoms with Crippen LogP contribution in [0.1, 0.15) is 25.7 Å². The van der Waals surface area contributed by atoms with Gasteiger partial charge in [0.15, 0.2) is 6.17 Å². The molecule has 1 aliphatic rings.